The van der Waals surface area contributed by atoms with E-state index < -0.39 is 0 Å². The molecule has 1 aliphatic heterocycles. The fourth-order valence-electron chi connectivity index (χ4n) is 2.68. The summed E-state index contributed by atoms with van der Waals surface area (Å²) in [6, 6.07) is 6.42. The standard InChI is InChI=1S/C15H17FN4O/c16-13-3-1-12(2-4-13)11-15(21)19-8-5-14(6-9-19)20-10-7-17-18-20/h1-4,7,10,14H,5-6,8-9,11H2. The Balaban J connectivity index is 1.54. The summed E-state index contributed by atoms with van der Waals surface area (Å²) in [5.74, 6) is -0.182. The van der Waals surface area contributed by atoms with E-state index >= 15 is 0 Å². The number of hydrogen-bond donors (Lipinski definition) is 0. The minimum Gasteiger partial charge on any atom is -0.342 e. The molecule has 3 rings (SSSR count). The average Bonchev–Trinajstić information content (AvgIpc) is 3.04. The van der Waals surface area contributed by atoms with Crippen LogP contribution in [0.15, 0.2) is 36.7 Å². The Bertz CT molecular complexity index is 589. The SMILES string of the molecule is O=C(Cc1ccc(F)cc1)N1CCC(n2ccnn2)CC1. The van der Waals surface area contributed by atoms with Gasteiger partial charge in [-0.15, -0.1) is 5.10 Å². The second kappa shape index (κ2) is 6.03. The number of halogens is 1. The lowest BCUT2D eigenvalue weighted by molar-refractivity contribution is -0.131. The van der Waals surface area contributed by atoms with Crippen LogP contribution in [0.25, 0.3) is 0 Å². The highest BCUT2D eigenvalue weighted by Gasteiger charge is 2.24. The van der Waals surface area contributed by atoms with E-state index in [0.717, 1.165) is 31.5 Å². The lowest BCUT2D eigenvalue weighted by Crippen LogP contribution is -2.40. The van der Waals surface area contributed by atoms with Crippen molar-refractivity contribution in [3.8, 4) is 0 Å². The second-order valence-corrected chi connectivity index (χ2v) is 5.30. The van der Waals surface area contributed by atoms with E-state index in [0.29, 0.717) is 12.5 Å². The third-order valence-electron chi connectivity index (χ3n) is 3.90. The van der Waals surface area contributed by atoms with Crippen LogP contribution in [0, 0.1) is 5.82 Å². The molecule has 0 unspecified atom stereocenters. The third kappa shape index (κ3) is 3.26. The van der Waals surface area contributed by atoms with Crippen molar-refractivity contribution in [2.75, 3.05) is 13.1 Å². The molecule has 0 spiro atoms. The van der Waals surface area contributed by atoms with Crippen LogP contribution in [0.3, 0.4) is 0 Å². The van der Waals surface area contributed by atoms with Gasteiger partial charge in [0, 0.05) is 19.3 Å². The minimum atomic E-state index is -0.278. The zero-order chi connectivity index (χ0) is 14.7. The highest BCUT2D eigenvalue weighted by molar-refractivity contribution is 5.78. The quantitative estimate of drug-likeness (QED) is 0.865. The van der Waals surface area contributed by atoms with Crippen LogP contribution in [0.2, 0.25) is 0 Å². The summed E-state index contributed by atoms with van der Waals surface area (Å²) < 4.78 is 14.7. The summed E-state index contributed by atoms with van der Waals surface area (Å²) in [7, 11) is 0. The summed E-state index contributed by atoms with van der Waals surface area (Å²) in [5.41, 5.74) is 0.847. The molecule has 1 fully saturated rings. The summed E-state index contributed by atoms with van der Waals surface area (Å²) >= 11 is 0. The zero-order valence-electron chi connectivity index (χ0n) is 11.7. The Labute approximate surface area is 122 Å². The van der Waals surface area contributed by atoms with Crippen LogP contribution >= 0.6 is 0 Å². The van der Waals surface area contributed by atoms with E-state index in [-0.39, 0.29) is 11.7 Å². The number of likely N-dealkylation sites (tertiary alicyclic amines) is 1. The molecule has 110 valence electrons. The van der Waals surface area contributed by atoms with Crippen molar-refractivity contribution in [1.29, 1.82) is 0 Å². The van der Waals surface area contributed by atoms with Gasteiger partial charge >= 0.3 is 0 Å². The molecule has 21 heavy (non-hydrogen) atoms. The van der Waals surface area contributed by atoms with Crippen LogP contribution in [-0.2, 0) is 11.2 Å². The fraction of sp³-hybridized carbons (Fsp3) is 0.400. The van der Waals surface area contributed by atoms with Gasteiger partial charge in [0.1, 0.15) is 5.82 Å². The van der Waals surface area contributed by atoms with Gasteiger partial charge in [-0.3, -0.25) is 4.79 Å². The van der Waals surface area contributed by atoms with Gasteiger partial charge in [-0.1, -0.05) is 17.3 Å². The normalized spacial score (nSPS) is 16.1. The van der Waals surface area contributed by atoms with Gasteiger partial charge in [0.05, 0.1) is 18.7 Å². The van der Waals surface area contributed by atoms with Crippen molar-refractivity contribution in [3.05, 3.63) is 48.0 Å². The molecule has 1 amide bonds. The summed E-state index contributed by atoms with van der Waals surface area (Å²) in [6.45, 7) is 1.45. The van der Waals surface area contributed by atoms with Crippen LogP contribution < -0.4 is 0 Å². The number of piperidine rings is 1. The third-order valence-corrected chi connectivity index (χ3v) is 3.90. The van der Waals surface area contributed by atoms with Crippen molar-refractivity contribution in [2.45, 2.75) is 25.3 Å². The number of aromatic nitrogens is 3. The molecular weight excluding hydrogens is 271 g/mol. The first-order valence-corrected chi connectivity index (χ1v) is 7.10. The van der Waals surface area contributed by atoms with Gasteiger partial charge in [0.2, 0.25) is 5.91 Å². The second-order valence-electron chi connectivity index (χ2n) is 5.30. The number of hydrogen-bond acceptors (Lipinski definition) is 3. The molecule has 0 bridgehead atoms. The maximum absolute atomic E-state index is 12.8. The fourth-order valence-corrected chi connectivity index (χ4v) is 2.68. The van der Waals surface area contributed by atoms with E-state index in [1.165, 1.54) is 12.1 Å². The first-order valence-electron chi connectivity index (χ1n) is 7.10. The number of benzene rings is 1. The number of carbonyl (C=O) groups excluding carboxylic acids is 1. The maximum Gasteiger partial charge on any atom is 0.226 e. The molecule has 1 aromatic heterocycles. The highest BCUT2D eigenvalue weighted by Crippen LogP contribution is 2.21. The Morgan fingerprint density at radius 2 is 1.95 bits per heavy atom. The predicted octanol–water partition coefficient (Wildman–Crippen LogP) is 1.82. The minimum absolute atomic E-state index is 0.0960. The topological polar surface area (TPSA) is 51.0 Å². The van der Waals surface area contributed by atoms with Crippen LogP contribution in [0.4, 0.5) is 4.39 Å². The molecule has 0 atom stereocenters. The predicted molar refractivity (Wildman–Crippen MR) is 75.0 cm³/mol. The van der Waals surface area contributed by atoms with Gasteiger partial charge in [-0.2, -0.15) is 0 Å². The van der Waals surface area contributed by atoms with E-state index in [9.17, 15) is 9.18 Å². The van der Waals surface area contributed by atoms with Crippen LogP contribution in [-0.4, -0.2) is 38.9 Å². The van der Waals surface area contributed by atoms with Gasteiger partial charge in [0.15, 0.2) is 0 Å². The molecule has 1 saturated heterocycles. The van der Waals surface area contributed by atoms with E-state index in [2.05, 4.69) is 10.3 Å². The lowest BCUT2D eigenvalue weighted by Gasteiger charge is -2.32. The molecule has 0 N–H and O–H groups in total. The van der Waals surface area contributed by atoms with Gasteiger partial charge in [0.25, 0.3) is 0 Å². The van der Waals surface area contributed by atoms with Crippen molar-refractivity contribution < 1.29 is 9.18 Å². The molecule has 0 saturated carbocycles. The van der Waals surface area contributed by atoms with Gasteiger partial charge in [-0.05, 0) is 30.5 Å². The van der Waals surface area contributed by atoms with Crippen molar-refractivity contribution in [1.82, 2.24) is 19.9 Å². The molecule has 0 radical (unpaired) electrons. The van der Waals surface area contributed by atoms with E-state index in [1.54, 1.807) is 18.3 Å². The van der Waals surface area contributed by atoms with E-state index in [4.69, 9.17) is 0 Å². The number of nitrogens with zero attached hydrogens (tertiary/aromatic N) is 4. The first kappa shape index (κ1) is 13.7. The smallest absolute Gasteiger partial charge is 0.226 e. The number of carbonyl (C=O) groups is 1. The summed E-state index contributed by atoms with van der Waals surface area (Å²) in [6.07, 6.45) is 5.64. The largest absolute Gasteiger partial charge is 0.342 e. The molecule has 2 heterocycles. The summed E-state index contributed by atoms with van der Waals surface area (Å²) in [4.78, 5) is 14.1. The zero-order valence-corrected chi connectivity index (χ0v) is 11.7. The van der Waals surface area contributed by atoms with Gasteiger partial charge < -0.3 is 4.90 Å². The molecule has 6 heteroatoms. The summed E-state index contributed by atoms with van der Waals surface area (Å²) in [5, 5.41) is 7.83. The van der Waals surface area contributed by atoms with Gasteiger partial charge in [-0.25, -0.2) is 9.07 Å². The maximum atomic E-state index is 12.8. The highest BCUT2D eigenvalue weighted by atomic mass is 19.1. The van der Waals surface area contributed by atoms with Crippen molar-refractivity contribution in [2.24, 2.45) is 0 Å². The van der Waals surface area contributed by atoms with Crippen molar-refractivity contribution >= 4 is 5.91 Å². The monoisotopic (exact) mass is 288 g/mol. The van der Waals surface area contributed by atoms with Crippen molar-refractivity contribution in [3.63, 3.8) is 0 Å². The Hall–Kier alpha value is -2.24. The Morgan fingerprint density at radius 1 is 1.24 bits per heavy atom. The molecule has 5 nitrogen and oxygen atoms in total. The molecule has 2 aromatic rings. The van der Waals surface area contributed by atoms with E-state index in [1.807, 2.05) is 15.8 Å². The van der Waals surface area contributed by atoms with Crippen LogP contribution in [0.1, 0.15) is 24.4 Å². The molecular formula is C15H17FN4O. The molecule has 0 aliphatic carbocycles. The molecule has 1 aromatic carbocycles. The Morgan fingerprint density at radius 3 is 2.57 bits per heavy atom. The van der Waals surface area contributed by atoms with Crippen LogP contribution in [0.5, 0.6) is 0 Å². The first-order chi connectivity index (χ1) is 10.2. The lowest BCUT2D eigenvalue weighted by atomic mass is 10.0. The molecule has 1 aliphatic rings. The number of amides is 1. The Kier molecular flexibility index (Phi) is 3.94. The average molecular weight is 288 g/mol. The number of rotatable bonds is 3.